The number of rotatable bonds is 38. The van der Waals surface area contributed by atoms with E-state index >= 15 is 0 Å². The molecule has 0 fully saturated rings. The fraction of sp³-hybridized carbons (Fsp3) is 0.814. The molecule has 3 nitrogen and oxygen atoms in total. The molecule has 0 bridgehead atoms. The molecule has 0 saturated carbocycles. The summed E-state index contributed by atoms with van der Waals surface area (Å²) in [4.78, 5) is 0. The van der Waals surface area contributed by atoms with Crippen LogP contribution in [0.4, 0.5) is 0 Å². The van der Waals surface area contributed by atoms with Gasteiger partial charge in [0.05, 0.1) is 0 Å². The van der Waals surface area contributed by atoms with Gasteiger partial charge in [-0.2, -0.15) is 0 Å². The molecule has 46 heavy (non-hydrogen) atoms. The zero-order valence-corrected chi connectivity index (χ0v) is 31.6. The topological polar surface area (TPSA) is 36.1 Å². The molecule has 0 aromatic carbocycles. The predicted molar refractivity (Wildman–Crippen MR) is 211 cm³/mol. The summed E-state index contributed by atoms with van der Waals surface area (Å²) in [6, 6.07) is 0.701. The maximum Gasteiger partial charge on any atom is 0.00793 e. The number of unbranched alkanes of at least 4 members (excludes halogenated alkanes) is 18. The quantitative estimate of drug-likeness (QED) is 0.0464. The molecule has 0 spiro atoms. The first-order valence-corrected chi connectivity index (χ1v) is 20.6. The van der Waals surface area contributed by atoms with E-state index in [-0.39, 0.29) is 0 Å². The van der Waals surface area contributed by atoms with Crippen molar-refractivity contribution in [2.45, 2.75) is 194 Å². The number of allylic oxidation sites excluding steroid dienone is 8. The molecule has 0 aromatic rings. The van der Waals surface area contributed by atoms with Crippen molar-refractivity contribution in [1.29, 1.82) is 0 Å². The molecule has 0 atom stereocenters. The summed E-state index contributed by atoms with van der Waals surface area (Å²) >= 11 is 0. The van der Waals surface area contributed by atoms with Crippen LogP contribution in [0.5, 0.6) is 0 Å². The number of hydrogen-bond acceptors (Lipinski definition) is 3. The molecule has 0 amide bonds. The lowest BCUT2D eigenvalue weighted by molar-refractivity contribution is 0.409. The molecule has 0 unspecified atom stereocenters. The van der Waals surface area contributed by atoms with Crippen molar-refractivity contribution >= 4 is 0 Å². The summed E-state index contributed by atoms with van der Waals surface area (Å²) in [5.74, 6) is 0. The third-order valence-corrected chi connectivity index (χ3v) is 8.97. The van der Waals surface area contributed by atoms with Gasteiger partial charge in [-0.15, -0.1) is 0 Å². The average Bonchev–Trinajstić information content (AvgIpc) is 3.07. The highest BCUT2D eigenvalue weighted by Crippen LogP contribution is 2.15. The molecule has 0 aliphatic heterocycles. The Labute approximate surface area is 290 Å². The first-order chi connectivity index (χ1) is 22.8. The number of likely N-dealkylation sites (N-methyl/N-ethyl adjacent to an activating group) is 1. The van der Waals surface area contributed by atoms with Crippen LogP contribution in [0.2, 0.25) is 0 Å². The van der Waals surface area contributed by atoms with Gasteiger partial charge in [-0.05, 0) is 83.6 Å². The third kappa shape index (κ3) is 39.0. The monoisotopic (exact) mass is 642 g/mol. The van der Waals surface area contributed by atoms with Crippen molar-refractivity contribution in [1.82, 2.24) is 16.0 Å². The minimum atomic E-state index is 0.701. The van der Waals surface area contributed by atoms with Crippen molar-refractivity contribution < 1.29 is 0 Å². The maximum atomic E-state index is 3.91. The summed E-state index contributed by atoms with van der Waals surface area (Å²) in [6.45, 7) is 12.1. The molecule has 0 heterocycles. The van der Waals surface area contributed by atoms with Crippen molar-refractivity contribution in [2.24, 2.45) is 0 Å². The number of hydrogen-bond donors (Lipinski definition) is 3. The van der Waals surface area contributed by atoms with E-state index in [0.29, 0.717) is 6.04 Å². The van der Waals surface area contributed by atoms with Gasteiger partial charge in [0.1, 0.15) is 0 Å². The Hall–Kier alpha value is -1.16. The average molecular weight is 642 g/mol. The van der Waals surface area contributed by atoms with Gasteiger partial charge in [-0.3, -0.25) is 0 Å². The van der Waals surface area contributed by atoms with Crippen LogP contribution in [0.1, 0.15) is 188 Å². The Morgan fingerprint density at radius 3 is 1.17 bits per heavy atom. The summed E-state index contributed by atoms with van der Waals surface area (Å²) in [7, 11) is 0. The van der Waals surface area contributed by atoms with E-state index in [1.165, 1.54) is 154 Å². The van der Waals surface area contributed by atoms with E-state index in [1.807, 2.05) is 0 Å². The fourth-order valence-electron chi connectivity index (χ4n) is 5.95. The van der Waals surface area contributed by atoms with Crippen LogP contribution >= 0.6 is 0 Å². The van der Waals surface area contributed by atoms with Crippen LogP contribution in [-0.4, -0.2) is 38.8 Å². The second kappa shape index (κ2) is 41.9. The van der Waals surface area contributed by atoms with E-state index in [9.17, 15) is 0 Å². The standard InChI is InChI=1S/C43H83N3/c1-4-7-9-11-13-15-17-19-21-23-25-27-29-31-33-35-37-43(46-42-41-45-40-39-44-6-3)38-36-34-32-30-28-26-24-22-20-18-16-14-12-10-8-5-2/h13-16,19-22,43-46H,4-12,17-18,23-42H2,1-3H3/b15-13-,16-14-,21-19-,22-20-. The minimum absolute atomic E-state index is 0.701. The largest absolute Gasteiger partial charge is 0.316 e. The Morgan fingerprint density at radius 2 is 0.739 bits per heavy atom. The van der Waals surface area contributed by atoms with E-state index in [1.54, 1.807) is 0 Å². The molecule has 270 valence electrons. The Balaban J connectivity index is 3.92. The Kier molecular flexibility index (Phi) is 40.8. The first-order valence-electron chi connectivity index (χ1n) is 20.6. The van der Waals surface area contributed by atoms with E-state index < -0.39 is 0 Å². The van der Waals surface area contributed by atoms with Gasteiger partial charge in [0.2, 0.25) is 0 Å². The van der Waals surface area contributed by atoms with Gasteiger partial charge in [0.15, 0.2) is 0 Å². The van der Waals surface area contributed by atoms with Crippen molar-refractivity contribution in [2.75, 3.05) is 32.7 Å². The lowest BCUT2D eigenvalue weighted by atomic mass is 9.99. The van der Waals surface area contributed by atoms with Crippen LogP contribution < -0.4 is 16.0 Å². The normalized spacial score (nSPS) is 12.4. The Bertz CT molecular complexity index is 617. The molecule has 0 rings (SSSR count). The minimum Gasteiger partial charge on any atom is -0.316 e. The molecular formula is C43H83N3. The maximum absolute atomic E-state index is 3.91. The van der Waals surface area contributed by atoms with Crippen molar-refractivity contribution in [3.05, 3.63) is 48.6 Å². The zero-order chi connectivity index (χ0) is 33.3. The highest BCUT2D eigenvalue weighted by atomic mass is 15.0. The van der Waals surface area contributed by atoms with Gasteiger partial charge in [-0.25, -0.2) is 0 Å². The lowest BCUT2D eigenvalue weighted by Gasteiger charge is -2.19. The molecule has 0 aromatic heterocycles. The van der Waals surface area contributed by atoms with Crippen molar-refractivity contribution in [3.63, 3.8) is 0 Å². The molecule has 3 N–H and O–H groups in total. The van der Waals surface area contributed by atoms with Gasteiger partial charge in [0, 0.05) is 32.2 Å². The molecular weight excluding hydrogens is 558 g/mol. The van der Waals surface area contributed by atoms with Crippen molar-refractivity contribution in [3.8, 4) is 0 Å². The van der Waals surface area contributed by atoms with Gasteiger partial charge >= 0.3 is 0 Å². The van der Waals surface area contributed by atoms with E-state index in [0.717, 1.165) is 45.6 Å². The summed E-state index contributed by atoms with van der Waals surface area (Å²) in [5.41, 5.74) is 0. The Morgan fingerprint density at radius 1 is 0.370 bits per heavy atom. The van der Waals surface area contributed by atoms with Gasteiger partial charge < -0.3 is 16.0 Å². The van der Waals surface area contributed by atoms with Gasteiger partial charge in [-0.1, -0.05) is 159 Å². The molecule has 0 aliphatic carbocycles. The summed E-state index contributed by atoms with van der Waals surface area (Å²) < 4.78 is 0. The second-order valence-corrected chi connectivity index (χ2v) is 13.5. The molecule has 3 heteroatoms. The van der Waals surface area contributed by atoms with Crippen LogP contribution in [-0.2, 0) is 0 Å². The molecule has 0 saturated heterocycles. The highest BCUT2D eigenvalue weighted by Gasteiger charge is 2.08. The fourth-order valence-corrected chi connectivity index (χ4v) is 5.95. The zero-order valence-electron chi connectivity index (χ0n) is 31.6. The lowest BCUT2D eigenvalue weighted by Crippen LogP contribution is -2.37. The van der Waals surface area contributed by atoms with Crippen LogP contribution in [0.25, 0.3) is 0 Å². The number of nitrogens with one attached hydrogen (secondary N) is 3. The highest BCUT2D eigenvalue weighted by molar-refractivity contribution is 4.93. The van der Waals surface area contributed by atoms with Crippen LogP contribution in [0, 0.1) is 0 Å². The predicted octanol–water partition coefficient (Wildman–Crippen LogP) is 12.6. The van der Waals surface area contributed by atoms with E-state index in [2.05, 4.69) is 85.3 Å². The molecule has 0 radical (unpaired) electrons. The van der Waals surface area contributed by atoms with Gasteiger partial charge in [0.25, 0.3) is 0 Å². The van der Waals surface area contributed by atoms with Crippen LogP contribution in [0.3, 0.4) is 0 Å². The van der Waals surface area contributed by atoms with E-state index in [4.69, 9.17) is 0 Å². The third-order valence-electron chi connectivity index (χ3n) is 8.97. The second-order valence-electron chi connectivity index (χ2n) is 13.5. The summed E-state index contributed by atoms with van der Waals surface area (Å²) in [6.07, 6.45) is 53.6. The summed E-state index contributed by atoms with van der Waals surface area (Å²) in [5, 5.41) is 10.9. The SMILES string of the molecule is CCCCC/C=C\C/C=C\CCCCCCCCC(CCCCCCCC/C=C\C/C=C\CCCCC)NCCNCCNCC. The van der Waals surface area contributed by atoms with Crippen LogP contribution in [0.15, 0.2) is 48.6 Å². The first kappa shape index (κ1) is 44.8. The molecule has 0 aliphatic rings. The smallest absolute Gasteiger partial charge is 0.00793 e.